The maximum Gasteiger partial charge on any atom is 0.164 e. The van der Waals surface area contributed by atoms with Crippen molar-refractivity contribution in [3.05, 3.63) is 64.1 Å². The number of thioether (sulfide) groups is 1. The molecule has 0 radical (unpaired) electrons. The molecule has 0 N–H and O–H groups in total. The van der Waals surface area contributed by atoms with Crippen LogP contribution in [0.25, 0.3) is 0 Å². The first-order valence-electron chi connectivity index (χ1n) is 8.13. The number of para-hydroxylation sites is 1. The molecule has 26 heavy (non-hydrogen) atoms. The Hall–Kier alpha value is -1.21. The SMILES string of the molecule is O=S1(=O)C[C@@H]2N=C(SCc3c(Cl)cccc3Cl)N(c3ccccc3)[C@H]2C1. The van der Waals surface area contributed by atoms with Gasteiger partial charge in [0.2, 0.25) is 0 Å². The fourth-order valence-electron chi connectivity index (χ4n) is 3.33. The topological polar surface area (TPSA) is 49.7 Å². The third-order valence-electron chi connectivity index (χ3n) is 4.55. The van der Waals surface area contributed by atoms with Crippen molar-refractivity contribution in [3.63, 3.8) is 0 Å². The number of sulfone groups is 1. The van der Waals surface area contributed by atoms with Gasteiger partial charge in [-0.2, -0.15) is 0 Å². The first kappa shape index (κ1) is 18.2. The van der Waals surface area contributed by atoms with Crippen LogP contribution in [0.1, 0.15) is 5.56 Å². The number of halogens is 2. The summed E-state index contributed by atoms with van der Waals surface area (Å²) in [6.07, 6.45) is 0. The van der Waals surface area contributed by atoms with Gasteiger partial charge >= 0.3 is 0 Å². The Morgan fingerprint density at radius 1 is 1.04 bits per heavy atom. The average molecular weight is 427 g/mol. The quantitative estimate of drug-likeness (QED) is 0.734. The van der Waals surface area contributed by atoms with Gasteiger partial charge in [0.25, 0.3) is 0 Å². The van der Waals surface area contributed by atoms with E-state index in [9.17, 15) is 8.42 Å². The van der Waals surface area contributed by atoms with Crippen LogP contribution in [0, 0.1) is 0 Å². The number of benzene rings is 2. The van der Waals surface area contributed by atoms with Gasteiger partial charge < -0.3 is 4.90 Å². The van der Waals surface area contributed by atoms with Crippen molar-refractivity contribution in [1.29, 1.82) is 0 Å². The Morgan fingerprint density at radius 3 is 2.42 bits per heavy atom. The third kappa shape index (κ3) is 3.48. The molecule has 2 heterocycles. The summed E-state index contributed by atoms with van der Waals surface area (Å²) in [7, 11) is -3.05. The van der Waals surface area contributed by atoms with E-state index in [-0.39, 0.29) is 23.6 Å². The molecule has 8 heteroatoms. The summed E-state index contributed by atoms with van der Waals surface area (Å²) in [4.78, 5) is 6.76. The fourth-order valence-corrected chi connectivity index (χ4v) is 7.04. The summed E-state index contributed by atoms with van der Waals surface area (Å²) < 4.78 is 24.1. The lowest BCUT2D eigenvalue weighted by Crippen LogP contribution is -2.39. The predicted octanol–water partition coefficient (Wildman–Crippen LogP) is 4.27. The first-order chi connectivity index (χ1) is 12.4. The Bertz CT molecular complexity index is 944. The van der Waals surface area contributed by atoms with Crippen molar-refractivity contribution in [3.8, 4) is 0 Å². The highest BCUT2D eigenvalue weighted by molar-refractivity contribution is 8.13. The van der Waals surface area contributed by atoms with E-state index in [0.717, 1.165) is 16.4 Å². The highest BCUT2D eigenvalue weighted by Gasteiger charge is 2.47. The minimum Gasteiger partial charge on any atom is -0.315 e. The van der Waals surface area contributed by atoms with E-state index in [1.165, 1.54) is 11.8 Å². The Labute approximate surface area is 167 Å². The molecular weight excluding hydrogens is 411 g/mol. The molecule has 4 rings (SSSR count). The van der Waals surface area contributed by atoms with Crippen LogP contribution in [0.5, 0.6) is 0 Å². The lowest BCUT2D eigenvalue weighted by molar-refractivity contribution is 0.601. The summed E-state index contributed by atoms with van der Waals surface area (Å²) >= 11 is 14.1. The number of anilines is 1. The molecule has 0 bridgehead atoms. The predicted molar refractivity (Wildman–Crippen MR) is 110 cm³/mol. The van der Waals surface area contributed by atoms with Crippen molar-refractivity contribution >= 4 is 55.7 Å². The molecule has 0 amide bonds. The molecule has 4 nitrogen and oxygen atoms in total. The molecule has 2 aliphatic heterocycles. The highest BCUT2D eigenvalue weighted by atomic mass is 35.5. The molecule has 0 aliphatic carbocycles. The van der Waals surface area contributed by atoms with Gasteiger partial charge in [0.15, 0.2) is 15.0 Å². The molecule has 2 aromatic rings. The van der Waals surface area contributed by atoms with Gasteiger partial charge in [-0.3, -0.25) is 4.99 Å². The number of hydrogen-bond acceptors (Lipinski definition) is 5. The second-order valence-corrected chi connectivity index (χ2v) is 10.2. The van der Waals surface area contributed by atoms with Crippen LogP contribution in [0.3, 0.4) is 0 Å². The lowest BCUT2D eigenvalue weighted by Gasteiger charge is -2.26. The molecule has 0 spiro atoms. The van der Waals surface area contributed by atoms with Gasteiger partial charge in [-0.15, -0.1) is 0 Å². The van der Waals surface area contributed by atoms with Gasteiger partial charge in [0.1, 0.15) is 0 Å². The second-order valence-electron chi connectivity index (χ2n) is 6.32. The average Bonchev–Trinajstić information content (AvgIpc) is 3.06. The summed E-state index contributed by atoms with van der Waals surface area (Å²) in [5.74, 6) is 0.817. The zero-order valence-electron chi connectivity index (χ0n) is 13.7. The van der Waals surface area contributed by atoms with Gasteiger partial charge in [-0.05, 0) is 29.8 Å². The summed E-state index contributed by atoms with van der Waals surface area (Å²) in [6.45, 7) is 0. The molecule has 2 aromatic carbocycles. The first-order valence-corrected chi connectivity index (χ1v) is 11.7. The van der Waals surface area contributed by atoms with E-state index in [2.05, 4.69) is 0 Å². The van der Waals surface area contributed by atoms with Crippen LogP contribution in [0.4, 0.5) is 5.69 Å². The van der Waals surface area contributed by atoms with Gasteiger partial charge in [-0.1, -0.05) is 59.2 Å². The van der Waals surface area contributed by atoms with Crippen LogP contribution < -0.4 is 4.90 Å². The van der Waals surface area contributed by atoms with Crippen LogP contribution in [0.2, 0.25) is 10.0 Å². The van der Waals surface area contributed by atoms with Gasteiger partial charge in [-0.25, -0.2) is 8.42 Å². The fraction of sp³-hybridized carbons (Fsp3) is 0.278. The molecule has 1 saturated heterocycles. The molecule has 136 valence electrons. The van der Waals surface area contributed by atoms with Crippen molar-refractivity contribution in [2.24, 2.45) is 4.99 Å². The van der Waals surface area contributed by atoms with Crippen LogP contribution >= 0.6 is 35.0 Å². The van der Waals surface area contributed by atoms with Crippen molar-refractivity contribution in [1.82, 2.24) is 0 Å². The summed E-state index contributed by atoms with van der Waals surface area (Å²) in [5.41, 5.74) is 1.81. The van der Waals surface area contributed by atoms with E-state index >= 15 is 0 Å². The normalized spacial score (nSPS) is 23.8. The second kappa shape index (κ2) is 7.08. The highest BCUT2D eigenvalue weighted by Crippen LogP contribution is 2.37. The minimum atomic E-state index is -3.05. The third-order valence-corrected chi connectivity index (χ3v) is 7.95. The summed E-state index contributed by atoms with van der Waals surface area (Å²) in [6, 6.07) is 14.9. The van der Waals surface area contributed by atoms with Gasteiger partial charge in [0.05, 0.1) is 23.6 Å². The van der Waals surface area contributed by atoms with E-state index in [1.807, 2.05) is 53.4 Å². The number of aliphatic imine (C=N–C) groups is 1. The smallest absolute Gasteiger partial charge is 0.164 e. The molecule has 0 unspecified atom stereocenters. The number of rotatable bonds is 3. The summed E-state index contributed by atoms with van der Waals surface area (Å²) in [5, 5.41) is 2.06. The number of nitrogens with zero attached hydrogens (tertiary/aromatic N) is 2. The monoisotopic (exact) mass is 426 g/mol. The zero-order valence-corrected chi connectivity index (χ0v) is 16.8. The van der Waals surface area contributed by atoms with Crippen LogP contribution in [-0.2, 0) is 15.6 Å². The van der Waals surface area contributed by atoms with E-state index in [0.29, 0.717) is 15.8 Å². The molecule has 0 aromatic heterocycles. The molecular formula is C18H16Cl2N2O2S2. The maximum absolute atomic E-state index is 12.1. The van der Waals surface area contributed by atoms with E-state index in [1.54, 1.807) is 0 Å². The zero-order chi connectivity index (χ0) is 18.3. The van der Waals surface area contributed by atoms with Crippen molar-refractivity contribution < 1.29 is 8.42 Å². The number of hydrogen-bond donors (Lipinski definition) is 0. The maximum atomic E-state index is 12.1. The number of amidine groups is 1. The van der Waals surface area contributed by atoms with Crippen LogP contribution in [-0.4, -0.2) is 37.2 Å². The lowest BCUT2D eigenvalue weighted by atomic mass is 10.1. The molecule has 2 aliphatic rings. The minimum absolute atomic E-state index is 0.109. The van der Waals surface area contributed by atoms with Gasteiger partial charge in [0, 0.05) is 21.5 Å². The largest absolute Gasteiger partial charge is 0.315 e. The number of fused-ring (bicyclic) bond motifs is 1. The standard InChI is InChI=1S/C18H16Cl2N2O2S2/c19-14-7-4-8-15(20)13(14)9-25-18-21-16-10-26(23,24)11-17(16)22(18)12-5-2-1-3-6-12/h1-8,16-17H,9-11H2/t16-,17-/m0/s1. The molecule has 2 atom stereocenters. The Kier molecular flexibility index (Phi) is 4.94. The molecule has 0 saturated carbocycles. The molecule has 1 fully saturated rings. The van der Waals surface area contributed by atoms with Crippen molar-refractivity contribution in [2.45, 2.75) is 17.8 Å². The van der Waals surface area contributed by atoms with Crippen molar-refractivity contribution in [2.75, 3.05) is 16.4 Å². The van der Waals surface area contributed by atoms with E-state index < -0.39 is 9.84 Å². The van der Waals surface area contributed by atoms with Crippen LogP contribution in [0.15, 0.2) is 53.5 Å². The Balaban J connectivity index is 1.63. The Morgan fingerprint density at radius 2 is 1.73 bits per heavy atom. The van der Waals surface area contributed by atoms with E-state index in [4.69, 9.17) is 28.2 Å².